The fraction of sp³-hybridized carbons (Fsp3) is 0.778. The van der Waals surface area contributed by atoms with Crippen LogP contribution in [0.5, 0.6) is 0 Å². The molecule has 2 saturated carbocycles. The first-order chi connectivity index (χ1) is 4.27. The van der Waals surface area contributed by atoms with Crippen molar-refractivity contribution in [3.05, 3.63) is 11.8 Å². The van der Waals surface area contributed by atoms with Crippen LogP contribution in [0.3, 0.4) is 0 Å². The molecule has 2 aliphatic carbocycles. The molecule has 0 amide bonds. The number of rotatable bonds is 1. The standard InChI is InChI=1S/C9H14/c1-6(2)7-3-8-5-9(8)4-7/h6-7H,3-5H2,1-2H3. The van der Waals surface area contributed by atoms with Gasteiger partial charge in [-0.2, -0.15) is 0 Å². The summed E-state index contributed by atoms with van der Waals surface area (Å²) in [6.45, 7) is 4.69. The van der Waals surface area contributed by atoms with Crippen molar-refractivity contribution < 1.29 is 0 Å². The van der Waals surface area contributed by atoms with Gasteiger partial charge < -0.3 is 0 Å². The van der Waals surface area contributed by atoms with E-state index in [0.29, 0.717) is 0 Å². The summed E-state index contributed by atoms with van der Waals surface area (Å²) in [5.74, 6) is 5.53. The molecule has 0 nitrogen and oxygen atoms in total. The van der Waals surface area contributed by atoms with Crippen molar-refractivity contribution in [3.8, 4) is 0 Å². The lowest BCUT2D eigenvalue weighted by Crippen LogP contribution is -2.04. The van der Waals surface area contributed by atoms with Gasteiger partial charge in [-0.15, -0.1) is 0 Å². The Hall–Kier alpha value is 0. The summed E-state index contributed by atoms with van der Waals surface area (Å²) < 4.78 is 0. The molecule has 2 radical (unpaired) electrons. The first kappa shape index (κ1) is 5.76. The van der Waals surface area contributed by atoms with Crippen molar-refractivity contribution >= 4 is 0 Å². The lowest BCUT2D eigenvalue weighted by atomic mass is 9.91. The third kappa shape index (κ3) is 0.889. The van der Waals surface area contributed by atoms with Crippen LogP contribution in [-0.4, -0.2) is 0 Å². The molecular formula is C9H14. The molecule has 0 aromatic heterocycles. The van der Waals surface area contributed by atoms with Crippen LogP contribution >= 0.6 is 0 Å². The topological polar surface area (TPSA) is 0 Å². The molecule has 0 spiro atoms. The minimum absolute atomic E-state index is 0.915. The summed E-state index contributed by atoms with van der Waals surface area (Å²) in [4.78, 5) is 0. The van der Waals surface area contributed by atoms with Gasteiger partial charge in [-0.1, -0.05) is 13.8 Å². The third-order valence-electron chi connectivity index (χ3n) is 2.76. The largest absolute Gasteiger partial charge is 0.0625 e. The zero-order valence-electron chi connectivity index (χ0n) is 6.28. The summed E-state index contributed by atoms with van der Waals surface area (Å²) in [6, 6.07) is 0. The summed E-state index contributed by atoms with van der Waals surface area (Å²) >= 11 is 0. The van der Waals surface area contributed by atoms with Gasteiger partial charge in [0.2, 0.25) is 0 Å². The quantitative estimate of drug-likeness (QED) is 0.501. The van der Waals surface area contributed by atoms with Crippen molar-refractivity contribution in [2.45, 2.75) is 33.1 Å². The minimum Gasteiger partial charge on any atom is -0.0625 e. The highest BCUT2D eigenvalue weighted by atomic mass is 14.5. The van der Waals surface area contributed by atoms with Crippen molar-refractivity contribution in [3.63, 3.8) is 0 Å². The molecule has 9 heavy (non-hydrogen) atoms. The highest BCUT2D eigenvalue weighted by molar-refractivity contribution is 5.41. The van der Waals surface area contributed by atoms with E-state index >= 15 is 0 Å². The first-order valence-corrected chi connectivity index (χ1v) is 3.97. The van der Waals surface area contributed by atoms with Gasteiger partial charge in [0.1, 0.15) is 0 Å². The lowest BCUT2D eigenvalue weighted by Gasteiger charge is -2.14. The van der Waals surface area contributed by atoms with Crippen LogP contribution in [0.15, 0.2) is 0 Å². The van der Waals surface area contributed by atoms with Crippen LogP contribution in [0.25, 0.3) is 0 Å². The predicted molar refractivity (Wildman–Crippen MR) is 38.7 cm³/mol. The second-order valence-corrected chi connectivity index (χ2v) is 3.80. The Morgan fingerprint density at radius 3 is 2.11 bits per heavy atom. The zero-order valence-corrected chi connectivity index (χ0v) is 6.28. The average molecular weight is 122 g/mol. The molecule has 0 atom stereocenters. The van der Waals surface area contributed by atoms with Crippen LogP contribution < -0.4 is 0 Å². The molecule has 2 fully saturated rings. The van der Waals surface area contributed by atoms with Gasteiger partial charge in [-0.25, -0.2) is 0 Å². The maximum Gasteiger partial charge on any atom is -0.0164 e. The molecule has 0 aromatic carbocycles. The van der Waals surface area contributed by atoms with E-state index in [-0.39, 0.29) is 0 Å². The van der Waals surface area contributed by atoms with E-state index in [9.17, 15) is 0 Å². The third-order valence-corrected chi connectivity index (χ3v) is 2.76. The van der Waals surface area contributed by atoms with E-state index in [1.165, 1.54) is 19.3 Å². The summed E-state index contributed by atoms with van der Waals surface area (Å²) in [7, 11) is 0. The molecule has 0 bridgehead atoms. The van der Waals surface area contributed by atoms with Crippen LogP contribution in [0.1, 0.15) is 33.1 Å². The number of hydrogen-bond donors (Lipinski definition) is 0. The summed E-state index contributed by atoms with van der Waals surface area (Å²) in [5, 5.41) is 0. The fourth-order valence-corrected chi connectivity index (χ4v) is 1.82. The van der Waals surface area contributed by atoms with Crippen molar-refractivity contribution in [1.29, 1.82) is 0 Å². The first-order valence-electron chi connectivity index (χ1n) is 3.97. The van der Waals surface area contributed by atoms with E-state index in [1.807, 2.05) is 0 Å². The molecular weight excluding hydrogens is 108 g/mol. The van der Waals surface area contributed by atoms with Gasteiger partial charge in [-0.3, -0.25) is 0 Å². The maximum atomic E-state index is 2.34. The number of hydrogen-bond acceptors (Lipinski definition) is 0. The van der Waals surface area contributed by atoms with Gasteiger partial charge in [-0.05, 0) is 42.9 Å². The highest BCUT2D eigenvalue weighted by Gasteiger charge is 2.47. The van der Waals surface area contributed by atoms with Gasteiger partial charge in [0.25, 0.3) is 0 Å². The van der Waals surface area contributed by atoms with Crippen molar-refractivity contribution in [1.82, 2.24) is 0 Å². The van der Waals surface area contributed by atoms with Crippen LogP contribution in [0.4, 0.5) is 0 Å². The molecule has 0 aliphatic heterocycles. The van der Waals surface area contributed by atoms with Crippen LogP contribution in [0.2, 0.25) is 0 Å². The number of fused-ring (bicyclic) bond motifs is 1. The fourth-order valence-electron chi connectivity index (χ4n) is 1.82. The molecule has 0 heteroatoms. The average Bonchev–Trinajstić information content (AvgIpc) is 2.40. The summed E-state index contributed by atoms with van der Waals surface area (Å²) in [5.41, 5.74) is 0. The molecule has 0 unspecified atom stereocenters. The Kier molecular flexibility index (Phi) is 1.12. The highest BCUT2D eigenvalue weighted by Crippen LogP contribution is 2.59. The van der Waals surface area contributed by atoms with E-state index < -0.39 is 0 Å². The Labute approximate surface area is 57.6 Å². The van der Waals surface area contributed by atoms with Gasteiger partial charge in [0, 0.05) is 0 Å². The molecule has 0 saturated heterocycles. The Morgan fingerprint density at radius 1 is 1.22 bits per heavy atom. The zero-order chi connectivity index (χ0) is 6.43. The lowest BCUT2D eigenvalue weighted by molar-refractivity contribution is 0.391. The maximum absolute atomic E-state index is 2.34. The molecule has 2 aliphatic rings. The van der Waals surface area contributed by atoms with Gasteiger partial charge in [0.15, 0.2) is 0 Å². The molecule has 0 heterocycles. The molecule has 2 rings (SSSR count). The normalized spacial score (nSPS) is 29.7. The smallest absolute Gasteiger partial charge is 0.0164 e. The SMILES string of the molecule is CC(C)C1C[C]2C[C]2C1. The van der Waals surface area contributed by atoms with Crippen LogP contribution in [0, 0.1) is 23.7 Å². The molecule has 0 N–H and O–H groups in total. The molecule has 0 aromatic rings. The van der Waals surface area contributed by atoms with E-state index in [1.54, 1.807) is 11.8 Å². The second kappa shape index (κ2) is 1.74. The Balaban J connectivity index is 1.90. The predicted octanol–water partition coefficient (Wildman–Crippen LogP) is 2.61. The van der Waals surface area contributed by atoms with Gasteiger partial charge >= 0.3 is 0 Å². The second-order valence-electron chi connectivity index (χ2n) is 3.80. The summed E-state index contributed by atoms with van der Waals surface area (Å²) in [6.07, 6.45) is 4.28. The Bertz CT molecular complexity index is 105. The van der Waals surface area contributed by atoms with E-state index in [4.69, 9.17) is 0 Å². The van der Waals surface area contributed by atoms with E-state index in [0.717, 1.165) is 11.8 Å². The van der Waals surface area contributed by atoms with Gasteiger partial charge in [0.05, 0.1) is 0 Å². The minimum atomic E-state index is 0.915. The Morgan fingerprint density at radius 2 is 1.78 bits per heavy atom. The van der Waals surface area contributed by atoms with Crippen molar-refractivity contribution in [2.24, 2.45) is 11.8 Å². The van der Waals surface area contributed by atoms with Crippen LogP contribution in [-0.2, 0) is 0 Å². The molecule has 50 valence electrons. The monoisotopic (exact) mass is 122 g/mol. The van der Waals surface area contributed by atoms with Crippen molar-refractivity contribution in [2.75, 3.05) is 0 Å². The van der Waals surface area contributed by atoms with E-state index in [2.05, 4.69) is 13.8 Å².